The van der Waals surface area contributed by atoms with Gasteiger partial charge >= 0.3 is 6.18 Å². The van der Waals surface area contributed by atoms with Crippen LogP contribution in [-0.2, 0) is 12.6 Å². The zero-order valence-corrected chi connectivity index (χ0v) is 11.8. The van der Waals surface area contributed by atoms with Crippen LogP contribution in [0, 0.1) is 0 Å². The molecule has 0 fully saturated rings. The highest BCUT2D eigenvalue weighted by Gasteiger charge is 2.37. The SMILES string of the molecule is CN(C)c1ccc(-c2n[nH]c(C(F)(F)F)c2CCN)cc1. The third-order valence-electron chi connectivity index (χ3n) is 3.20. The van der Waals surface area contributed by atoms with Crippen molar-refractivity contribution >= 4 is 5.69 Å². The molecule has 2 aromatic rings. The Kier molecular flexibility index (Phi) is 4.22. The lowest BCUT2D eigenvalue weighted by Gasteiger charge is -2.12. The number of halogens is 3. The zero-order valence-electron chi connectivity index (χ0n) is 11.8. The number of hydrogen-bond acceptors (Lipinski definition) is 3. The topological polar surface area (TPSA) is 57.9 Å². The van der Waals surface area contributed by atoms with Crippen LogP contribution in [0.3, 0.4) is 0 Å². The highest BCUT2D eigenvalue weighted by molar-refractivity contribution is 5.67. The average molecular weight is 298 g/mol. The number of hydrogen-bond donors (Lipinski definition) is 2. The van der Waals surface area contributed by atoms with Gasteiger partial charge in [-0.05, 0) is 25.1 Å². The molecule has 4 nitrogen and oxygen atoms in total. The quantitative estimate of drug-likeness (QED) is 0.912. The number of H-pyrrole nitrogens is 1. The number of nitrogens with one attached hydrogen (secondary N) is 1. The van der Waals surface area contributed by atoms with E-state index in [1.165, 1.54) is 0 Å². The molecule has 0 bridgehead atoms. The third kappa shape index (κ3) is 3.18. The molecule has 0 unspecified atom stereocenters. The Hall–Kier alpha value is -2.02. The number of aromatic nitrogens is 2. The minimum atomic E-state index is -4.46. The number of rotatable bonds is 4. The van der Waals surface area contributed by atoms with Gasteiger partial charge in [-0.1, -0.05) is 12.1 Å². The van der Waals surface area contributed by atoms with Gasteiger partial charge in [-0.15, -0.1) is 0 Å². The Balaban J connectivity index is 2.46. The fourth-order valence-corrected chi connectivity index (χ4v) is 2.14. The van der Waals surface area contributed by atoms with Crippen molar-refractivity contribution in [2.45, 2.75) is 12.6 Å². The molecule has 1 aromatic carbocycles. The fourth-order valence-electron chi connectivity index (χ4n) is 2.14. The average Bonchev–Trinajstić information content (AvgIpc) is 2.83. The van der Waals surface area contributed by atoms with E-state index in [2.05, 4.69) is 10.2 Å². The summed E-state index contributed by atoms with van der Waals surface area (Å²) in [6.07, 6.45) is -4.34. The van der Waals surface area contributed by atoms with E-state index in [9.17, 15) is 13.2 Å². The van der Waals surface area contributed by atoms with E-state index in [-0.39, 0.29) is 18.5 Å². The van der Waals surface area contributed by atoms with Crippen LogP contribution < -0.4 is 10.6 Å². The Morgan fingerprint density at radius 1 is 1.19 bits per heavy atom. The molecule has 7 heteroatoms. The molecule has 0 aliphatic carbocycles. The number of nitrogens with two attached hydrogens (primary N) is 1. The normalized spacial score (nSPS) is 11.7. The summed E-state index contributed by atoms with van der Waals surface area (Å²) in [5.41, 5.74) is 6.62. The maximum Gasteiger partial charge on any atom is 0.433 e. The van der Waals surface area contributed by atoms with E-state index in [4.69, 9.17) is 5.73 Å². The molecule has 0 aliphatic rings. The van der Waals surface area contributed by atoms with Crippen molar-refractivity contribution < 1.29 is 13.2 Å². The first-order valence-corrected chi connectivity index (χ1v) is 6.47. The van der Waals surface area contributed by atoms with Crippen LogP contribution in [0.2, 0.25) is 0 Å². The van der Waals surface area contributed by atoms with Crippen LogP contribution in [0.25, 0.3) is 11.3 Å². The van der Waals surface area contributed by atoms with E-state index in [1.54, 1.807) is 12.1 Å². The largest absolute Gasteiger partial charge is 0.433 e. The predicted octanol–water partition coefficient (Wildman–Crippen LogP) is 2.66. The van der Waals surface area contributed by atoms with Crippen LogP contribution in [0.5, 0.6) is 0 Å². The molecule has 0 radical (unpaired) electrons. The molecule has 0 aliphatic heterocycles. The minimum absolute atomic E-state index is 0.114. The number of benzene rings is 1. The van der Waals surface area contributed by atoms with Gasteiger partial charge in [0.15, 0.2) is 0 Å². The molecule has 0 amide bonds. The number of alkyl halides is 3. The molecule has 2 rings (SSSR count). The summed E-state index contributed by atoms with van der Waals surface area (Å²) in [4.78, 5) is 1.91. The van der Waals surface area contributed by atoms with Gasteiger partial charge in [0.2, 0.25) is 0 Å². The molecule has 3 N–H and O–H groups in total. The molecule has 1 heterocycles. The summed E-state index contributed by atoms with van der Waals surface area (Å²) in [6, 6.07) is 7.18. The van der Waals surface area contributed by atoms with Crippen molar-refractivity contribution in [3.8, 4) is 11.3 Å². The van der Waals surface area contributed by atoms with E-state index >= 15 is 0 Å². The second kappa shape index (κ2) is 5.77. The molecule has 0 spiro atoms. The van der Waals surface area contributed by atoms with Crippen molar-refractivity contribution in [3.63, 3.8) is 0 Å². The van der Waals surface area contributed by atoms with Gasteiger partial charge in [0.05, 0.1) is 5.69 Å². The second-order valence-corrected chi connectivity index (χ2v) is 4.90. The van der Waals surface area contributed by atoms with Gasteiger partial charge in [0.25, 0.3) is 0 Å². The molecule has 0 saturated carbocycles. The van der Waals surface area contributed by atoms with Crippen molar-refractivity contribution in [3.05, 3.63) is 35.5 Å². The summed E-state index contributed by atoms with van der Waals surface area (Å²) in [6.45, 7) is 0.130. The summed E-state index contributed by atoms with van der Waals surface area (Å²) < 4.78 is 38.9. The highest BCUT2D eigenvalue weighted by atomic mass is 19.4. The molecule has 0 atom stereocenters. The number of aromatic amines is 1. The summed E-state index contributed by atoms with van der Waals surface area (Å²) in [5.74, 6) is 0. The molecule has 0 saturated heterocycles. The van der Waals surface area contributed by atoms with Crippen LogP contribution in [0.1, 0.15) is 11.3 Å². The van der Waals surface area contributed by atoms with Crippen LogP contribution in [0.4, 0.5) is 18.9 Å². The lowest BCUT2D eigenvalue weighted by Crippen LogP contribution is -2.12. The number of nitrogens with zero attached hydrogens (tertiary/aromatic N) is 2. The van der Waals surface area contributed by atoms with Gasteiger partial charge in [-0.2, -0.15) is 18.3 Å². The Labute approximate surface area is 120 Å². The van der Waals surface area contributed by atoms with Crippen LogP contribution in [-0.4, -0.2) is 30.8 Å². The maximum absolute atomic E-state index is 13.0. The van der Waals surface area contributed by atoms with Crippen molar-refractivity contribution in [2.75, 3.05) is 25.5 Å². The molecular weight excluding hydrogens is 281 g/mol. The minimum Gasteiger partial charge on any atom is -0.378 e. The lowest BCUT2D eigenvalue weighted by molar-refractivity contribution is -0.141. The van der Waals surface area contributed by atoms with Crippen molar-refractivity contribution in [1.82, 2.24) is 10.2 Å². The van der Waals surface area contributed by atoms with E-state index in [0.29, 0.717) is 11.3 Å². The summed E-state index contributed by atoms with van der Waals surface area (Å²) in [7, 11) is 3.79. The van der Waals surface area contributed by atoms with Crippen molar-refractivity contribution in [1.29, 1.82) is 0 Å². The first-order chi connectivity index (χ1) is 9.84. The standard InChI is InChI=1S/C14H17F3N4/c1-21(2)10-5-3-9(4-6-10)12-11(7-8-18)13(20-19-12)14(15,16)17/h3-6H,7-8,18H2,1-2H3,(H,19,20). The van der Waals surface area contributed by atoms with Gasteiger partial charge in [-0.25, -0.2) is 0 Å². The van der Waals surface area contributed by atoms with Crippen molar-refractivity contribution in [2.24, 2.45) is 5.73 Å². The first-order valence-electron chi connectivity index (χ1n) is 6.47. The van der Waals surface area contributed by atoms with Gasteiger partial charge in [0, 0.05) is 30.9 Å². The van der Waals surface area contributed by atoms with Gasteiger partial charge in [-0.3, -0.25) is 5.10 Å². The van der Waals surface area contributed by atoms with E-state index in [0.717, 1.165) is 5.69 Å². The Morgan fingerprint density at radius 3 is 2.29 bits per heavy atom. The van der Waals surface area contributed by atoms with Crippen LogP contribution >= 0.6 is 0 Å². The Morgan fingerprint density at radius 2 is 1.81 bits per heavy atom. The smallest absolute Gasteiger partial charge is 0.378 e. The fraction of sp³-hybridized carbons (Fsp3) is 0.357. The van der Waals surface area contributed by atoms with Gasteiger partial charge in [0.1, 0.15) is 5.69 Å². The van der Waals surface area contributed by atoms with E-state index in [1.807, 2.05) is 31.1 Å². The summed E-state index contributed by atoms with van der Waals surface area (Å²) in [5, 5.41) is 5.93. The van der Waals surface area contributed by atoms with Crippen LogP contribution in [0.15, 0.2) is 24.3 Å². The Bertz CT molecular complexity index is 600. The predicted molar refractivity (Wildman–Crippen MR) is 76.1 cm³/mol. The third-order valence-corrected chi connectivity index (χ3v) is 3.20. The second-order valence-electron chi connectivity index (χ2n) is 4.90. The van der Waals surface area contributed by atoms with Gasteiger partial charge < -0.3 is 10.6 Å². The molecule has 1 aromatic heterocycles. The summed E-state index contributed by atoms with van der Waals surface area (Å²) >= 11 is 0. The highest BCUT2D eigenvalue weighted by Crippen LogP contribution is 2.35. The molecule has 114 valence electrons. The van der Waals surface area contributed by atoms with E-state index < -0.39 is 11.9 Å². The number of anilines is 1. The monoisotopic (exact) mass is 298 g/mol. The maximum atomic E-state index is 13.0. The zero-order chi connectivity index (χ0) is 15.6. The molecule has 21 heavy (non-hydrogen) atoms. The first kappa shape index (κ1) is 15.4. The lowest BCUT2D eigenvalue weighted by atomic mass is 10.0. The molecular formula is C14H17F3N4.